The molecule has 18 heavy (non-hydrogen) atoms. The standard InChI is InChI=1S/C12H17N3O2S/c13-14-10-6-3-7-11(12(10)15(16)17)18-8-9-4-1-2-5-9/h3,6-7,9,14H,1-2,4-5,8,13H2. The summed E-state index contributed by atoms with van der Waals surface area (Å²) in [6.45, 7) is 0. The second-order valence-corrected chi connectivity index (χ2v) is 5.58. The molecule has 0 spiro atoms. The lowest BCUT2D eigenvalue weighted by Crippen LogP contribution is -2.09. The van der Waals surface area contributed by atoms with Gasteiger partial charge in [-0.15, -0.1) is 11.8 Å². The maximum atomic E-state index is 11.1. The number of hydrogen-bond donors (Lipinski definition) is 2. The largest absolute Gasteiger partial charge is 0.318 e. The van der Waals surface area contributed by atoms with Crippen molar-refractivity contribution in [3.63, 3.8) is 0 Å². The summed E-state index contributed by atoms with van der Waals surface area (Å²) in [5, 5.41) is 11.1. The van der Waals surface area contributed by atoms with E-state index in [4.69, 9.17) is 5.84 Å². The molecule has 0 aromatic heterocycles. The van der Waals surface area contributed by atoms with Crippen LogP contribution in [0.25, 0.3) is 0 Å². The third-order valence-electron chi connectivity index (χ3n) is 3.29. The molecule has 5 nitrogen and oxygen atoms in total. The molecule has 0 amide bonds. The van der Waals surface area contributed by atoms with Crippen molar-refractivity contribution in [2.45, 2.75) is 30.6 Å². The Morgan fingerprint density at radius 1 is 1.44 bits per heavy atom. The van der Waals surface area contributed by atoms with Gasteiger partial charge in [0.15, 0.2) is 0 Å². The van der Waals surface area contributed by atoms with E-state index >= 15 is 0 Å². The molecule has 1 fully saturated rings. The number of nitro groups is 1. The van der Waals surface area contributed by atoms with Crippen molar-refractivity contribution < 1.29 is 4.92 Å². The summed E-state index contributed by atoms with van der Waals surface area (Å²) in [4.78, 5) is 11.4. The number of nitrogen functional groups attached to an aromatic ring is 1. The summed E-state index contributed by atoms with van der Waals surface area (Å²) < 4.78 is 0. The number of rotatable bonds is 5. The molecule has 0 unspecified atom stereocenters. The first kappa shape index (κ1) is 13.2. The molecule has 2 rings (SSSR count). The topological polar surface area (TPSA) is 81.2 Å². The molecule has 1 aromatic rings. The van der Waals surface area contributed by atoms with Crippen molar-refractivity contribution in [2.24, 2.45) is 11.8 Å². The summed E-state index contributed by atoms with van der Waals surface area (Å²) in [5.74, 6) is 6.96. The number of benzene rings is 1. The lowest BCUT2D eigenvalue weighted by molar-refractivity contribution is -0.386. The maximum absolute atomic E-state index is 11.1. The fourth-order valence-corrected chi connectivity index (χ4v) is 3.57. The van der Waals surface area contributed by atoms with Crippen LogP contribution < -0.4 is 11.3 Å². The van der Waals surface area contributed by atoms with Gasteiger partial charge in [-0.3, -0.25) is 16.0 Å². The minimum absolute atomic E-state index is 0.0861. The van der Waals surface area contributed by atoms with Gasteiger partial charge in [-0.05, 0) is 30.9 Å². The number of nitrogens with zero attached hydrogens (tertiary/aromatic N) is 1. The number of nitro benzene ring substituents is 1. The zero-order valence-electron chi connectivity index (χ0n) is 10.1. The number of nitrogens with one attached hydrogen (secondary N) is 1. The van der Waals surface area contributed by atoms with Crippen LogP contribution in [0.5, 0.6) is 0 Å². The quantitative estimate of drug-likeness (QED) is 0.370. The van der Waals surface area contributed by atoms with Crippen LogP contribution in [0.1, 0.15) is 25.7 Å². The molecule has 1 aliphatic carbocycles. The summed E-state index contributed by atoms with van der Waals surface area (Å²) in [6, 6.07) is 5.20. The Morgan fingerprint density at radius 3 is 2.78 bits per heavy atom. The smallest absolute Gasteiger partial charge is 0.307 e. The Morgan fingerprint density at radius 2 is 2.17 bits per heavy atom. The average molecular weight is 267 g/mol. The van der Waals surface area contributed by atoms with Gasteiger partial charge < -0.3 is 5.43 Å². The highest BCUT2D eigenvalue weighted by molar-refractivity contribution is 7.99. The van der Waals surface area contributed by atoms with Gasteiger partial charge in [0, 0.05) is 5.75 Å². The molecule has 0 heterocycles. The fraction of sp³-hybridized carbons (Fsp3) is 0.500. The number of hydrogen-bond acceptors (Lipinski definition) is 5. The van der Waals surface area contributed by atoms with Gasteiger partial charge >= 0.3 is 5.69 Å². The van der Waals surface area contributed by atoms with E-state index in [9.17, 15) is 10.1 Å². The minimum Gasteiger partial charge on any atom is -0.318 e. The molecular weight excluding hydrogens is 250 g/mol. The number of nitrogens with two attached hydrogens (primary N) is 1. The highest BCUT2D eigenvalue weighted by Gasteiger charge is 2.21. The summed E-state index contributed by atoms with van der Waals surface area (Å²) in [5.41, 5.74) is 2.85. The molecule has 0 atom stereocenters. The molecule has 6 heteroatoms. The fourth-order valence-electron chi connectivity index (χ4n) is 2.33. The Hall–Kier alpha value is -1.27. The Labute approximate surface area is 110 Å². The molecule has 1 aliphatic rings. The molecular formula is C12H17N3O2S. The lowest BCUT2D eigenvalue weighted by Gasteiger charge is -2.10. The normalized spacial score (nSPS) is 15.8. The van der Waals surface area contributed by atoms with Crippen LogP contribution in [-0.2, 0) is 0 Å². The van der Waals surface area contributed by atoms with E-state index in [-0.39, 0.29) is 10.6 Å². The van der Waals surface area contributed by atoms with Crippen LogP contribution in [0.3, 0.4) is 0 Å². The summed E-state index contributed by atoms with van der Waals surface area (Å²) in [7, 11) is 0. The monoisotopic (exact) mass is 267 g/mol. The van der Waals surface area contributed by atoms with Gasteiger partial charge in [0.2, 0.25) is 0 Å². The SMILES string of the molecule is NNc1cccc(SCC2CCCC2)c1[N+](=O)[O-]. The third kappa shape index (κ3) is 2.94. The molecule has 3 N–H and O–H groups in total. The molecule has 1 saturated carbocycles. The van der Waals surface area contributed by atoms with E-state index in [2.05, 4.69) is 5.43 Å². The lowest BCUT2D eigenvalue weighted by atomic mass is 10.1. The number of hydrazine groups is 1. The van der Waals surface area contributed by atoms with Gasteiger partial charge in [-0.1, -0.05) is 18.9 Å². The van der Waals surface area contributed by atoms with E-state index in [0.29, 0.717) is 16.5 Å². The van der Waals surface area contributed by atoms with Crippen LogP contribution in [0.2, 0.25) is 0 Å². The Kier molecular flexibility index (Phi) is 4.43. The van der Waals surface area contributed by atoms with Gasteiger partial charge in [0.25, 0.3) is 0 Å². The van der Waals surface area contributed by atoms with Crippen molar-refractivity contribution >= 4 is 23.1 Å². The van der Waals surface area contributed by atoms with Crippen molar-refractivity contribution in [1.29, 1.82) is 0 Å². The summed E-state index contributed by atoms with van der Waals surface area (Å²) in [6.07, 6.45) is 5.07. The van der Waals surface area contributed by atoms with Gasteiger partial charge in [0.05, 0.1) is 9.82 Å². The molecule has 0 radical (unpaired) electrons. The van der Waals surface area contributed by atoms with Crippen LogP contribution in [0.4, 0.5) is 11.4 Å². The van der Waals surface area contributed by atoms with Crippen molar-refractivity contribution in [1.82, 2.24) is 0 Å². The van der Waals surface area contributed by atoms with Gasteiger partial charge in [-0.2, -0.15) is 0 Å². The van der Waals surface area contributed by atoms with Crippen LogP contribution in [0, 0.1) is 16.0 Å². The first-order valence-electron chi connectivity index (χ1n) is 6.09. The molecule has 1 aromatic carbocycles. The molecule has 98 valence electrons. The van der Waals surface area contributed by atoms with Gasteiger partial charge in [-0.25, -0.2) is 0 Å². The summed E-state index contributed by atoms with van der Waals surface area (Å²) >= 11 is 1.56. The second-order valence-electron chi connectivity index (χ2n) is 4.52. The van der Waals surface area contributed by atoms with E-state index in [1.165, 1.54) is 25.7 Å². The second kappa shape index (κ2) is 6.06. The molecule has 0 saturated heterocycles. The Bertz CT molecular complexity index is 433. The van der Waals surface area contributed by atoms with Crippen molar-refractivity contribution in [3.05, 3.63) is 28.3 Å². The number of para-hydroxylation sites is 1. The zero-order chi connectivity index (χ0) is 13.0. The predicted molar refractivity (Wildman–Crippen MR) is 73.6 cm³/mol. The van der Waals surface area contributed by atoms with Gasteiger partial charge in [0.1, 0.15) is 5.69 Å². The van der Waals surface area contributed by atoms with Crippen molar-refractivity contribution in [3.8, 4) is 0 Å². The van der Waals surface area contributed by atoms with E-state index in [1.54, 1.807) is 30.0 Å². The van der Waals surface area contributed by atoms with Crippen LogP contribution in [0.15, 0.2) is 23.1 Å². The average Bonchev–Trinajstić information content (AvgIpc) is 2.88. The number of thioether (sulfide) groups is 1. The minimum atomic E-state index is -0.369. The van der Waals surface area contributed by atoms with E-state index < -0.39 is 0 Å². The molecule has 0 bridgehead atoms. The van der Waals surface area contributed by atoms with Crippen LogP contribution in [-0.4, -0.2) is 10.7 Å². The Balaban J connectivity index is 2.13. The first-order valence-corrected chi connectivity index (χ1v) is 7.07. The predicted octanol–water partition coefficient (Wildman–Crippen LogP) is 3.16. The van der Waals surface area contributed by atoms with Crippen LogP contribution >= 0.6 is 11.8 Å². The zero-order valence-corrected chi connectivity index (χ0v) is 10.9. The number of anilines is 1. The first-order chi connectivity index (χ1) is 8.72. The van der Waals surface area contributed by atoms with E-state index in [1.807, 2.05) is 0 Å². The molecule has 0 aliphatic heterocycles. The van der Waals surface area contributed by atoms with Crippen molar-refractivity contribution in [2.75, 3.05) is 11.2 Å². The highest BCUT2D eigenvalue weighted by atomic mass is 32.2. The third-order valence-corrected chi connectivity index (χ3v) is 4.56. The highest BCUT2D eigenvalue weighted by Crippen LogP contribution is 2.38. The maximum Gasteiger partial charge on any atom is 0.307 e. The van der Waals surface area contributed by atoms with E-state index in [0.717, 1.165) is 5.75 Å².